The molecule has 0 fully saturated rings. The van der Waals surface area contributed by atoms with Crippen molar-refractivity contribution in [2.75, 3.05) is 20.7 Å². The van der Waals surface area contributed by atoms with Gasteiger partial charge in [-0.3, -0.25) is 9.59 Å². The number of carbonyl (C=O) groups excluding carboxylic acids is 2. The molecule has 0 heterocycles. The van der Waals surface area contributed by atoms with E-state index in [0.717, 1.165) is 28.0 Å². The minimum Gasteiger partial charge on any atom is -0.496 e. The standard InChI is InChI=1S/C25H27N3O3/c1-28(24(29)15-26)17-18-6-5-8-21(14-18)19-10-12-20(13-11-19)25(30)27-16-22-7-3-4-9-23(22)31-2/h3-14H,15-17,26H2,1-2H3,(H,27,30). The first kappa shape index (κ1) is 22.1. The summed E-state index contributed by atoms with van der Waals surface area (Å²) in [5.41, 5.74) is 9.96. The van der Waals surface area contributed by atoms with Crippen molar-refractivity contribution in [3.63, 3.8) is 0 Å². The Labute approximate surface area is 182 Å². The van der Waals surface area contributed by atoms with Crippen molar-refractivity contribution in [2.45, 2.75) is 13.1 Å². The first-order chi connectivity index (χ1) is 15.0. The summed E-state index contributed by atoms with van der Waals surface area (Å²) < 4.78 is 5.32. The summed E-state index contributed by atoms with van der Waals surface area (Å²) in [4.78, 5) is 25.8. The number of methoxy groups -OCH3 is 1. The number of carbonyl (C=O) groups is 2. The topological polar surface area (TPSA) is 84.7 Å². The highest BCUT2D eigenvalue weighted by Gasteiger charge is 2.10. The third kappa shape index (κ3) is 5.71. The number of nitrogens with two attached hydrogens (primary N) is 1. The molecule has 0 bridgehead atoms. The van der Waals surface area contributed by atoms with E-state index in [2.05, 4.69) is 5.32 Å². The number of ether oxygens (including phenoxy) is 1. The van der Waals surface area contributed by atoms with Gasteiger partial charge in [0.05, 0.1) is 13.7 Å². The molecular weight excluding hydrogens is 390 g/mol. The predicted octanol–water partition coefficient (Wildman–Crippen LogP) is 3.21. The molecule has 6 heteroatoms. The van der Waals surface area contributed by atoms with E-state index < -0.39 is 0 Å². The Morgan fingerprint density at radius 1 is 0.968 bits per heavy atom. The molecule has 0 aromatic heterocycles. The van der Waals surface area contributed by atoms with Gasteiger partial charge in [-0.25, -0.2) is 0 Å². The normalized spacial score (nSPS) is 10.4. The molecule has 3 aromatic rings. The molecule has 0 unspecified atom stereocenters. The van der Waals surface area contributed by atoms with Crippen LogP contribution in [0, 0.1) is 0 Å². The molecule has 3 N–H and O–H groups in total. The van der Waals surface area contributed by atoms with Crippen LogP contribution in [0.1, 0.15) is 21.5 Å². The fraction of sp³-hybridized carbons (Fsp3) is 0.200. The number of likely N-dealkylation sites (N-methyl/N-ethyl adjacent to an activating group) is 1. The van der Waals surface area contributed by atoms with Gasteiger partial charge in [0.15, 0.2) is 0 Å². The van der Waals surface area contributed by atoms with Gasteiger partial charge in [0.2, 0.25) is 5.91 Å². The maximum Gasteiger partial charge on any atom is 0.251 e. The van der Waals surface area contributed by atoms with E-state index >= 15 is 0 Å². The van der Waals surface area contributed by atoms with Crippen molar-refractivity contribution in [2.24, 2.45) is 5.73 Å². The van der Waals surface area contributed by atoms with Crippen LogP contribution in [-0.2, 0) is 17.9 Å². The Morgan fingerprint density at radius 3 is 2.42 bits per heavy atom. The minimum atomic E-state index is -0.145. The average molecular weight is 418 g/mol. The molecule has 160 valence electrons. The van der Waals surface area contributed by atoms with Gasteiger partial charge in [-0.05, 0) is 41.0 Å². The molecular formula is C25H27N3O3. The summed E-state index contributed by atoms with van der Waals surface area (Å²) in [5.74, 6) is 0.499. The molecule has 0 saturated carbocycles. The first-order valence-corrected chi connectivity index (χ1v) is 10.1. The minimum absolute atomic E-state index is 0.00320. The third-order valence-corrected chi connectivity index (χ3v) is 5.06. The van der Waals surface area contributed by atoms with Gasteiger partial charge in [-0.1, -0.05) is 48.5 Å². The Morgan fingerprint density at radius 2 is 1.71 bits per heavy atom. The van der Waals surface area contributed by atoms with Gasteiger partial charge in [0, 0.05) is 31.3 Å². The zero-order valence-corrected chi connectivity index (χ0v) is 17.8. The van der Waals surface area contributed by atoms with E-state index in [1.54, 1.807) is 19.1 Å². The van der Waals surface area contributed by atoms with Crippen LogP contribution in [0.25, 0.3) is 11.1 Å². The summed E-state index contributed by atoms with van der Waals surface area (Å²) in [6.45, 7) is 0.881. The number of para-hydroxylation sites is 1. The Balaban J connectivity index is 1.66. The van der Waals surface area contributed by atoms with Crippen LogP contribution in [-0.4, -0.2) is 37.4 Å². The molecule has 0 aliphatic heterocycles. The fourth-order valence-corrected chi connectivity index (χ4v) is 3.31. The molecule has 3 aromatic carbocycles. The number of nitrogens with zero attached hydrogens (tertiary/aromatic N) is 1. The lowest BCUT2D eigenvalue weighted by Gasteiger charge is -2.16. The van der Waals surface area contributed by atoms with Crippen LogP contribution in [0.5, 0.6) is 5.75 Å². The highest BCUT2D eigenvalue weighted by Crippen LogP contribution is 2.22. The van der Waals surface area contributed by atoms with E-state index in [-0.39, 0.29) is 18.4 Å². The molecule has 0 aliphatic rings. The monoisotopic (exact) mass is 417 g/mol. The molecule has 6 nitrogen and oxygen atoms in total. The second kappa shape index (κ2) is 10.4. The Hall–Kier alpha value is -3.64. The summed E-state index contributed by atoms with van der Waals surface area (Å²) >= 11 is 0. The van der Waals surface area contributed by atoms with Gasteiger partial charge in [0.1, 0.15) is 5.75 Å². The first-order valence-electron chi connectivity index (χ1n) is 10.1. The van der Waals surface area contributed by atoms with Gasteiger partial charge >= 0.3 is 0 Å². The van der Waals surface area contributed by atoms with Crippen molar-refractivity contribution in [3.8, 4) is 16.9 Å². The maximum atomic E-state index is 12.5. The lowest BCUT2D eigenvalue weighted by atomic mass is 10.0. The lowest BCUT2D eigenvalue weighted by Crippen LogP contribution is -2.32. The quantitative estimate of drug-likeness (QED) is 0.589. The van der Waals surface area contributed by atoms with Crippen molar-refractivity contribution in [1.29, 1.82) is 0 Å². The fourth-order valence-electron chi connectivity index (χ4n) is 3.31. The van der Waals surface area contributed by atoms with Crippen LogP contribution in [0.15, 0.2) is 72.8 Å². The number of amides is 2. The summed E-state index contributed by atoms with van der Waals surface area (Å²) in [6, 6.07) is 23.0. The average Bonchev–Trinajstić information content (AvgIpc) is 2.82. The zero-order chi connectivity index (χ0) is 22.2. The molecule has 0 atom stereocenters. The van der Waals surface area contributed by atoms with Crippen molar-refractivity contribution < 1.29 is 14.3 Å². The molecule has 0 aliphatic carbocycles. The van der Waals surface area contributed by atoms with Crippen LogP contribution < -0.4 is 15.8 Å². The number of rotatable bonds is 8. The van der Waals surface area contributed by atoms with Gasteiger partial charge in [-0.15, -0.1) is 0 Å². The Kier molecular flexibility index (Phi) is 7.40. The van der Waals surface area contributed by atoms with Crippen molar-refractivity contribution in [3.05, 3.63) is 89.5 Å². The van der Waals surface area contributed by atoms with Crippen LogP contribution in [0.2, 0.25) is 0 Å². The van der Waals surface area contributed by atoms with E-state index in [1.165, 1.54) is 0 Å². The van der Waals surface area contributed by atoms with E-state index in [9.17, 15) is 9.59 Å². The summed E-state index contributed by atoms with van der Waals surface area (Å²) in [7, 11) is 3.35. The second-order valence-corrected chi connectivity index (χ2v) is 7.23. The molecule has 3 rings (SSSR count). The number of benzene rings is 3. The second-order valence-electron chi connectivity index (χ2n) is 7.23. The molecule has 0 saturated heterocycles. The number of hydrogen-bond acceptors (Lipinski definition) is 4. The van der Waals surface area contributed by atoms with E-state index in [0.29, 0.717) is 18.7 Å². The van der Waals surface area contributed by atoms with Gasteiger partial charge < -0.3 is 20.7 Å². The maximum absolute atomic E-state index is 12.5. The largest absolute Gasteiger partial charge is 0.496 e. The van der Waals surface area contributed by atoms with Gasteiger partial charge in [0.25, 0.3) is 5.91 Å². The highest BCUT2D eigenvalue weighted by atomic mass is 16.5. The van der Waals surface area contributed by atoms with Gasteiger partial charge in [-0.2, -0.15) is 0 Å². The van der Waals surface area contributed by atoms with E-state index in [1.807, 2.05) is 72.8 Å². The predicted molar refractivity (Wildman–Crippen MR) is 122 cm³/mol. The molecule has 0 radical (unpaired) electrons. The van der Waals surface area contributed by atoms with Crippen LogP contribution in [0.3, 0.4) is 0 Å². The molecule has 0 spiro atoms. The number of hydrogen-bond donors (Lipinski definition) is 2. The molecule has 31 heavy (non-hydrogen) atoms. The van der Waals surface area contributed by atoms with E-state index in [4.69, 9.17) is 10.5 Å². The zero-order valence-electron chi connectivity index (χ0n) is 17.8. The van der Waals surface area contributed by atoms with Crippen LogP contribution in [0.4, 0.5) is 0 Å². The third-order valence-electron chi connectivity index (χ3n) is 5.06. The molecule has 2 amide bonds. The smallest absolute Gasteiger partial charge is 0.251 e. The van der Waals surface area contributed by atoms with Crippen LogP contribution >= 0.6 is 0 Å². The summed E-state index contributed by atoms with van der Waals surface area (Å²) in [6.07, 6.45) is 0. The van der Waals surface area contributed by atoms with Crippen molar-refractivity contribution in [1.82, 2.24) is 10.2 Å². The van der Waals surface area contributed by atoms with Crippen molar-refractivity contribution >= 4 is 11.8 Å². The number of nitrogens with one attached hydrogen (secondary N) is 1. The SMILES string of the molecule is COc1ccccc1CNC(=O)c1ccc(-c2cccc(CN(C)C(=O)CN)c2)cc1. The highest BCUT2D eigenvalue weighted by molar-refractivity contribution is 5.94. The Bertz CT molecular complexity index is 1050. The summed E-state index contributed by atoms with van der Waals surface area (Å²) in [5, 5.41) is 2.93. The lowest BCUT2D eigenvalue weighted by molar-refractivity contribution is -0.128.